The fourth-order valence-electron chi connectivity index (χ4n) is 1.76. The molecule has 9 heteroatoms. The van der Waals surface area contributed by atoms with Crippen LogP contribution in [0.5, 0.6) is 0 Å². The quantitative estimate of drug-likeness (QED) is 0.684. The molecule has 1 aromatic heterocycles. The Labute approximate surface area is 142 Å². The Morgan fingerprint density at radius 3 is 2.15 bits per heavy atom. The molecule has 0 saturated carbocycles. The van der Waals surface area contributed by atoms with Crippen molar-refractivity contribution in [3.8, 4) is 0 Å². The Hall–Kier alpha value is -0.380. The summed E-state index contributed by atoms with van der Waals surface area (Å²) in [5.41, 5.74) is 1.37. The molecule has 0 spiro atoms. The molecule has 20 heavy (non-hydrogen) atoms. The molecule has 1 heterocycles. The third-order valence-electron chi connectivity index (χ3n) is 2.57. The number of sulfonamides is 1. The van der Waals surface area contributed by atoms with E-state index in [1.807, 2.05) is 0 Å². The van der Waals surface area contributed by atoms with E-state index in [0.717, 1.165) is 4.47 Å². The van der Waals surface area contributed by atoms with Gasteiger partial charge in [0.1, 0.15) is 4.90 Å². The van der Waals surface area contributed by atoms with Crippen LogP contribution in [-0.2, 0) is 10.0 Å². The van der Waals surface area contributed by atoms with E-state index in [0.29, 0.717) is 26.0 Å². The van der Waals surface area contributed by atoms with Crippen LogP contribution >= 0.6 is 47.8 Å². The highest BCUT2D eigenvalue weighted by atomic mass is 79.9. The highest BCUT2D eigenvalue weighted by molar-refractivity contribution is 9.11. The summed E-state index contributed by atoms with van der Waals surface area (Å²) >= 11 is 10.0. The van der Waals surface area contributed by atoms with E-state index < -0.39 is 10.0 Å². The lowest BCUT2D eigenvalue weighted by Gasteiger charge is -2.12. The van der Waals surface area contributed by atoms with E-state index >= 15 is 0 Å². The first-order valence-corrected chi connectivity index (χ1v) is 9.27. The molecule has 0 aliphatic carbocycles. The Kier molecular flexibility index (Phi) is 4.63. The van der Waals surface area contributed by atoms with E-state index in [1.54, 1.807) is 26.0 Å². The predicted molar refractivity (Wildman–Crippen MR) is 88.4 cm³/mol. The van der Waals surface area contributed by atoms with Crippen molar-refractivity contribution >= 4 is 63.5 Å². The van der Waals surface area contributed by atoms with Gasteiger partial charge in [0.2, 0.25) is 0 Å². The molecule has 5 nitrogen and oxygen atoms in total. The molecular weight excluding hydrogens is 478 g/mol. The van der Waals surface area contributed by atoms with Crippen LogP contribution in [-0.4, -0.2) is 18.6 Å². The highest BCUT2D eigenvalue weighted by Crippen LogP contribution is 2.36. The lowest BCUT2D eigenvalue weighted by molar-refractivity contribution is 0.600. The summed E-state index contributed by atoms with van der Waals surface area (Å²) in [5.74, 6) is 0. The number of hydrogen-bond donors (Lipinski definition) is 2. The first kappa shape index (κ1) is 16.0. The number of nitrogens with one attached hydrogen (secondary N) is 2. The first-order chi connectivity index (χ1) is 9.22. The fraction of sp³-hybridized carbons (Fsp3) is 0.182. The van der Waals surface area contributed by atoms with Crippen LogP contribution in [0.1, 0.15) is 11.4 Å². The number of halogens is 3. The average Bonchev–Trinajstić information content (AvgIpc) is 2.64. The molecule has 2 aromatic rings. The zero-order valence-electron chi connectivity index (χ0n) is 10.5. The maximum absolute atomic E-state index is 12.5. The summed E-state index contributed by atoms with van der Waals surface area (Å²) in [4.78, 5) is 0.166. The summed E-state index contributed by atoms with van der Waals surface area (Å²) < 4.78 is 29.6. The minimum absolute atomic E-state index is 0.166. The monoisotopic (exact) mass is 485 g/mol. The van der Waals surface area contributed by atoms with Crippen LogP contribution in [0.2, 0.25) is 0 Å². The topological polar surface area (TPSA) is 74.8 Å². The first-order valence-electron chi connectivity index (χ1n) is 5.41. The Balaban J connectivity index is 2.50. The van der Waals surface area contributed by atoms with Crippen LogP contribution < -0.4 is 4.72 Å². The fourth-order valence-corrected chi connectivity index (χ4v) is 5.96. The lowest BCUT2D eigenvalue weighted by Crippen LogP contribution is -2.15. The van der Waals surface area contributed by atoms with Crippen LogP contribution in [0.3, 0.4) is 0 Å². The van der Waals surface area contributed by atoms with Crippen LogP contribution in [0.4, 0.5) is 5.69 Å². The van der Waals surface area contributed by atoms with Crippen LogP contribution in [0, 0.1) is 13.8 Å². The highest BCUT2D eigenvalue weighted by Gasteiger charge is 2.24. The standard InChI is InChI=1S/C11H10Br3N3O2S/c1-5-11(6(2)16-15-5)20(18,19)17-10-8(13)3-7(12)4-9(10)14/h3-4,17H,1-2H3,(H,15,16). The van der Waals surface area contributed by atoms with Crippen molar-refractivity contribution in [2.75, 3.05) is 4.72 Å². The number of nitrogens with zero attached hydrogens (tertiary/aromatic N) is 1. The molecule has 0 fully saturated rings. The number of aryl methyl sites for hydroxylation is 2. The molecule has 2 rings (SSSR count). The average molecular weight is 488 g/mol. The van der Waals surface area contributed by atoms with Crippen molar-refractivity contribution in [2.24, 2.45) is 0 Å². The maximum atomic E-state index is 12.5. The SMILES string of the molecule is Cc1n[nH]c(C)c1S(=O)(=O)Nc1c(Br)cc(Br)cc1Br. The van der Waals surface area contributed by atoms with E-state index in [4.69, 9.17) is 0 Å². The molecule has 0 unspecified atom stereocenters. The second kappa shape index (κ2) is 5.78. The summed E-state index contributed by atoms with van der Waals surface area (Å²) in [6, 6.07) is 3.52. The van der Waals surface area contributed by atoms with Crippen molar-refractivity contribution in [1.29, 1.82) is 0 Å². The molecule has 0 aliphatic heterocycles. The normalized spacial score (nSPS) is 11.7. The van der Waals surface area contributed by atoms with Gasteiger partial charge in [0.05, 0.1) is 17.1 Å². The Morgan fingerprint density at radius 1 is 1.15 bits per heavy atom. The number of aromatic amines is 1. The molecule has 2 N–H and O–H groups in total. The molecule has 0 atom stereocenters. The molecule has 0 amide bonds. The summed E-state index contributed by atoms with van der Waals surface area (Å²) in [6.07, 6.45) is 0. The Bertz CT molecular complexity index is 729. The minimum atomic E-state index is -3.71. The van der Waals surface area contributed by atoms with Gasteiger partial charge in [-0.3, -0.25) is 9.82 Å². The minimum Gasteiger partial charge on any atom is -0.281 e. The van der Waals surface area contributed by atoms with E-state index in [-0.39, 0.29) is 4.90 Å². The van der Waals surface area contributed by atoms with Crippen LogP contribution in [0.25, 0.3) is 0 Å². The van der Waals surface area contributed by atoms with Crippen molar-refractivity contribution in [1.82, 2.24) is 10.2 Å². The number of benzene rings is 1. The molecule has 108 valence electrons. The summed E-state index contributed by atoms with van der Waals surface area (Å²) in [6.45, 7) is 3.31. The predicted octanol–water partition coefficient (Wildman–Crippen LogP) is 4.11. The number of aromatic nitrogens is 2. The third kappa shape index (κ3) is 3.10. The second-order valence-corrected chi connectivity index (χ2v) is 8.36. The van der Waals surface area contributed by atoms with Gasteiger partial charge >= 0.3 is 0 Å². The molecule has 0 saturated heterocycles. The smallest absolute Gasteiger partial charge is 0.265 e. The van der Waals surface area contributed by atoms with Gasteiger partial charge in [0, 0.05) is 13.4 Å². The third-order valence-corrected chi connectivity index (χ3v) is 5.89. The van der Waals surface area contributed by atoms with E-state index in [9.17, 15) is 8.42 Å². The van der Waals surface area contributed by atoms with Gasteiger partial charge < -0.3 is 0 Å². The zero-order valence-corrected chi connectivity index (χ0v) is 16.0. The molecule has 1 aromatic carbocycles. The number of anilines is 1. The molecule has 0 aliphatic rings. The van der Waals surface area contributed by atoms with Gasteiger partial charge in [0.25, 0.3) is 10.0 Å². The van der Waals surface area contributed by atoms with Crippen molar-refractivity contribution < 1.29 is 8.42 Å². The molecule has 0 bridgehead atoms. The lowest BCUT2D eigenvalue weighted by atomic mass is 10.3. The molecule has 0 radical (unpaired) electrons. The van der Waals surface area contributed by atoms with Crippen LogP contribution in [0.15, 0.2) is 30.4 Å². The summed E-state index contributed by atoms with van der Waals surface area (Å²) in [5, 5.41) is 6.57. The van der Waals surface area contributed by atoms with Crippen molar-refractivity contribution in [3.05, 3.63) is 36.9 Å². The zero-order chi connectivity index (χ0) is 15.1. The largest absolute Gasteiger partial charge is 0.281 e. The number of rotatable bonds is 3. The van der Waals surface area contributed by atoms with Gasteiger partial charge in [0.15, 0.2) is 0 Å². The Morgan fingerprint density at radius 2 is 1.70 bits per heavy atom. The van der Waals surface area contributed by atoms with Gasteiger partial charge in [-0.05, 0) is 57.8 Å². The van der Waals surface area contributed by atoms with E-state index in [1.165, 1.54) is 0 Å². The number of H-pyrrole nitrogens is 1. The van der Waals surface area contributed by atoms with E-state index in [2.05, 4.69) is 62.7 Å². The number of hydrogen-bond acceptors (Lipinski definition) is 3. The van der Waals surface area contributed by atoms with Gasteiger partial charge in [-0.2, -0.15) is 5.10 Å². The van der Waals surface area contributed by atoms with Crippen molar-refractivity contribution in [3.63, 3.8) is 0 Å². The van der Waals surface area contributed by atoms with Crippen molar-refractivity contribution in [2.45, 2.75) is 18.7 Å². The molecular formula is C11H10Br3N3O2S. The second-order valence-electron chi connectivity index (χ2n) is 4.11. The van der Waals surface area contributed by atoms with Gasteiger partial charge in [-0.15, -0.1) is 0 Å². The summed E-state index contributed by atoms with van der Waals surface area (Å²) in [7, 11) is -3.71. The maximum Gasteiger partial charge on any atom is 0.265 e. The van der Waals surface area contributed by atoms with Gasteiger partial charge in [-0.25, -0.2) is 8.42 Å². The van der Waals surface area contributed by atoms with Gasteiger partial charge in [-0.1, -0.05) is 15.9 Å².